The van der Waals surface area contributed by atoms with E-state index in [1.807, 2.05) is 13.8 Å². The molecule has 0 saturated carbocycles. The minimum Gasteiger partial charge on any atom is -0.477 e. The molecule has 9 heteroatoms. The highest BCUT2D eigenvalue weighted by Crippen LogP contribution is 2.28. The van der Waals surface area contributed by atoms with Gasteiger partial charge in [-0.25, -0.2) is 9.48 Å². The summed E-state index contributed by atoms with van der Waals surface area (Å²) in [4.78, 5) is 24.5. The molecule has 2 rings (SSSR count). The highest BCUT2D eigenvalue weighted by atomic mass is 35.5. The van der Waals surface area contributed by atoms with Crippen molar-refractivity contribution in [1.82, 2.24) is 9.78 Å². The molecule has 0 aliphatic carbocycles. The van der Waals surface area contributed by atoms with Gasteiger partial charge in [0.1, 0.15) is 11.6 Å². The lowest BCUT2D eigenvalue weighted by Crippen LogP contribution is -2.35. The van der Waals surface area contributed by atoms with Gasteiger partial charge in [0.2, 0.25) is 0 Å². The average Bonchev–Trinajstić information content (AvgIpc) is 3.05. The Bertz CT molecular complexity index is 823. The maximum absolute atomic E-state index is 12.3. The molecule has 0 bridgehead atoms. The van der Waals surface area contributed by atoms with E-state index in [0.717, 1.165) is 0 Å². The van der Waals surface area contributed by atoms with Gasteiger partial charge in [0.15, 0.2) is 12.2 Å². The number of nitrogens with one attached hydrogen (secondary N) is 1. The minimum atomic E-state index is -1.01. The van der Waals surface area contributed by atoms with E-state index >= 15 is 0 Å². The number of ether oxygens (including phenoxy) is 2. The maximum Gasteiger partial charge on any atom is 0.347 e. The summed E-state index contributed by atoms with van der Waals surface area (Å²) in [7, 11) is 0. The second kappa shape index (κ2) is 9.10. The molecule has 1 amide bonds. The second-order valence-corrected chi connectivity index (χ2v) is 7.00. The van der Waals surface area contributed by atoms with Crippen molar-refractivity contribution in [2.75, 3.05) is 5.32 Å². The molecule has 0 fully saturated rings. The van der Waals surface area contributed by atoms with E-state index in [-0.39, 0.29) is 11.1 Å². The molecular weight excluding hydrogens is 393 g/mol. The van der Waals surface area contributed by atoms with Crippen LogP contribution in [0.1, 0.15) is 33.7 Å². The van der Waals surface area contributed by atoms with Crippen molar-refractivity contribution in [1.29, 1.82) is 0 Å². The first-order valence-corrected chi connectivity index (χ1v) is 9.11. The molecule has 146 valence electrons. The molecule has 2 atom stereocenters. The fraction of sp³-hybridized carbons (Fsp3) is 0.389. The highest BCUT2D eigenvalue weighted by Gasteiger charge is 2.24. The van der Waals surface area contributed by atoms with Crippen LogP contribution in [0.3, 0.4) is 0 Å². The van der Waals surface area contributed by atoms with Crippen molar-refractivity contribution in [2.45, 2.75) is 45.9 Å². The van der Waals surface area contributed by atoms with Crippen molar-refractivity contribution in [2.24, 2.45) is 0 Å². The first-order valence-electron chi connectivity index (χ1n) is 8.35. The second-order valence-electron chi connectivity index (χ2n) is 6.16. The Morgan fingerprint density at radius 3 is 2.44 bits per heavy atom. The molecule has 0 radical (unpaired) electrons. The molecular formula is C18H21Cl2N3O4. The van der Waals surface area contributed by atoms with Crippen molar-refractivity contribution < 1.29 is 19.1 Å². The zero-order chi connectivity index (χ0) is 20.1. The monoisotopic (exact) mass is 413 g/mol. The fourth-order valence-corrected chi connectivity index (χ4v) is 2.64. The van der Waals surface area contributed by atoms with Gasteiger partial charge < -0.3 is 14.8 Å². The Morgan fingerprint density at radius 1 is 1.11 bits per heavy atom. The summed E-state index contributed by atoms with van der Waals surface area (Å²) in [6, 6.07) is 6.39. The first-order chi connectivity index (χ1) is 12.7. The molecule has 1 N–H and O–H groups in total. The number of rotatable bonds is 7. The number of anilines is 1. The van der Waals surface area contributed by atoms with Crippen LogP contribution in [0.15, 0.2) is 30.5 Å². The SMILES string of the molecule is CC(C)n1nccc1NC(=O)[C@@H](C)OC(=O)[C@H](C)Oc1ccc(Cl)cc1Cl. The summed E-state index contributed by atoms with van der Waals surface area (Å²) in [5, 5.41) is 7.54. The third-order valence-corrected chi connectivity index (χ3v) is 4.13. The Balaban J connectivity index is 1.93. The van der Waals surface area contributed by atoms with Gasteiger partial charge >= 0.3 is 5.97 Å². The van der Waals surface area contributed by atoms with Gasteiger partial charge in [-0.15, -0.1) is 0 Å². The third-order valence-electron chi connectivity index (χ3n) is 3.60. The van der Waals surface area contributed by atoms with Crippen LogP contribution < -0.4 is 10.1 Å². The number of amides is 1. The van der Waals surface area contributed by atoms with Gasteiger partial charge in [-0.1, -0.05) is 23.2 Å². The molecule has 0 unspecified atom stereocenters. The summed E-state index contributed by atoms with van der Waals surface area (Å²) in [5.41, 5.74) is 0. The van der Waals surface area contributed by atoms with E-state index in [0.29, 0.717) is 16.6 Å². The molecule has 0 saturated heterocycles. The van der Waals surface area contributed by atoms with Crippen LogP contribution in [0, 0.1) is 0 Å². The molecule has 2 aromatic rings. The lowest BCUT2D eigenvalue weighted by Gasteiger charge is -2.19. The van der Waals surface area contributed by atoms with Crippen molar-refractivity contribution in [3.63, 3.8) is 0 Å². The van der Waals surface area contributed by atoms with Crippen molar-refractivity contribution in [3.8, 4) is 5.75 Å². The summed E-state index contributed by atoms with van der Waals surface area (Å²) < 4.78 is 12.3. The maximum atomic E-state index is 12.3. The normalized spacial score (nSPS) is 13.1. The molecule has 27 heavy (non-hydrogen) atoms. The van der Waals surface area contributed by atoms with Crippen molar-refractivity contribution in [3.05, 3.63) is 40.5 Å². The Hall–Kier alpha value is -2.25. The van der Waals surface area contributed by atoms with E-state index in [1.54, 1.807) is 29.1 Å². The van der Waals surface area contributed by atoms with E-state index < -0.39 is 24.1 Å². The largest absolute Gasteiger partial charge is 0.477 e. The van der Waals surface area contributed by atoms with Crippen LogP contribution >= 0.6 is 23.2 Å². The van der Waals surface area contributed by atoms with Gasteiger partial charge in [0.25, 0.3) is 5.91 Å². The Morgan fingerprint density at radius 2 is 1.81 bits per heavy atom. The van der Waals surface area contributed by atoms with Gasteiger partial charge in [-0.2, -0.15) is 5.10 Å². The number of esters is 1. The molecule has 0 spiro atoms. The number of nitrogens with zero attached hydrogens (tertiary/aromatic N) is 2. The first kappa shape index (κ1) is 21.1. The van der Waals surface area contributed by atoms with Gasteiger partial charge in [-0.3, -0.25) is 4.79 Å². The molecule has 1 aromatic carbocycles. The lowest BCUT2D eigenvalue weighted by atomic mass is 10.3. The Labute approximate surface area is 167 Å². The van der Waals surface area contributed by atoms with Crippen LogP contribution in [-0.4, -0.2) is 33.9 Å². The number of benzene rings is 1. The highest BCUT2D eigenvalue weighted by molar-refractivity contribution is 6.35. The van der Waals surface area contributed by atoms with Crippen LogP contribution in [-0.2, 0) is 14.3 Å². The fourth-order valence-electron chi connectivity index (χ4n) is 2.19. The summed E-state index contributed by atoms with van der Waals surface area (Å²) in [5.74, 6) is -0.345. The van der Waals surface area contributed by atoms with E-state index in [9.17, 15) is 9.59 Å². The third kappa shape index (κ3) is 5.61. The smallest absolute Gasteiger partial charge is 0.347 e. The zero-order valence-electron chi connectivity index (χ0n) is 15.4. The number of carbonyl (C=O) groups is 2. The lowest BCUT2D eigenvalue weighted by molar-refractivity contribution is -0.159. The van der Waals surface area contributed by atoms with Crippen LogP contribution in [0.5, 0.6) is 5.75 Å². The van der Waals surface area contributed by atoms with Crippen molar-refractivity contribution >= 4 is 40.9 Å². The van der Waals surface area contributed by atoms with Gasteiger partial charge in [0.05, 0.1) is 11.2 Å². The molecule has 0 aliphatic heterocycles. The van der Waals surface area contributed by atoms with Gasteiger partial charge in [0, 0.05) is 17.1 Å². The number of halogens is 2. The average molecular weight is 414 g/mol. The Kier molecular flexibility index (Phi) is 7.10. The number of hydrogen-bond donors (Lipinski definition) is 1. The minimum absolute atomic E-state index is 0.0747. The van der Waals surface area contributed by atoms with E-state index in [4.69, 9.17) is 32.7 Å². The predicted molar refractivity (Wildman–Crippen MR) is 103 cm³/mol. The summed E-state index contributed by atoms with van der Waals surface area (Å²) in [6.07, 6.45) is -0.391. The summed E-state index contributed by atoms with van der Waals surface area (Å²) in [6.45, 7) is 6.86. The number of hydrogen-bond acceptors (Lipinski definition) is 5. The van der Waals surface area contributed by atoms with E-state index in [2.05, 4.69) is 10.4 Å². The quantitative estimate of drug-likeness (QED) is 0.690. The van der Waals surface area contributed by atoms with Gasteiger partial charge in [-0.05, 0) is 45.9 Å². The summed E-state index contributed by atoms with van der Waals surface area (Å²) >= 11 is 11.8. The number of carbonyl (C=O) groups excluding carboxylic acids is 2. The molecule has 1 aromatic heterocycles. The molecule has 0 aliphatic rings. The van der Waals surface area contributed by atoms with Crippen LogP contribution in [0.2, 0.25) is 10.0 Å². The molecule has 7 nitrogen and oxygen atoms in total. The number of aromatic nitrogens is 2. The standard InChI is InChI=1S/C18H21Cl2N3O4/c1-10(2)23-16(7-8-21-23)22-17(24)11(3)27-18(25)12(4)26-15-6-5-13(19)9-14(15)20/h5-12H,1-4H3,(H,22,24)/t11-,12+/m1/s1. The molecule has 1 heterocycles. The van der Waals surface area contributed by atoms with Crippen LogP contribution in [0.25, 0.3) is 0 Å². The zero-order valence-corrected chi connectivity index (χ0v) is 16.9. The predicted octanol–water partition coefficient (Wildman–Crippen LogP) is 4.11. The van der Waals surface area contributed by atoms with Crippen LogP contribution in [0.4, 0.5) is 5.82 Å². The van der Waals surface area contributed by atoms with E-state index in [1.165, 1.54) is 19.9 Å². The topological polar surface area (TPSA) is 82.5 Å².